The van der Waals surface area contributed by atoms with E-state index >= 15 is 0 Å². The summed E-state index contributed by atoms with van der Waals surface area (Å²) in [6.07, 6.45) is -0.242. The first-order chi connectivity index (χ1) is 14.5. The van der Waals surface area contributed by atoms with Gasteiger partial charge >= 0.3 is 11.3 Å². The Balaban J connectivity index is 1.79. The Morgan fingerprint density at radius 2 is 2.00 bits per heavy atom. The standard InChI is InChI=1S/C21H23N3O5S/c1-3-10-29-19-11-15(6-9-18(19)28-2)17-13-30-21(27)24(23-17)12-14-4-7-16(8-5-14)22-20(25)26/h4-9,11,22H,3,10,12-13H2,1-2H3,(H,25,26). The van der Waals surface area contributed by atoms with Gasteiger partial charge in [0.1, 0.15) is 0 Å². The molecule has 158 valence electrons. The summed E-state index contributed by atoms with van der Waals surface area (Å²) in [4.78, 5) is 23.0. The van der Waals surface area contributed by atoms with E-state index in [1.165, 1.54) is 16.8 Å². The Morgan fingerprint density at radius 1 is 1.23 bits per heavy atom. The Kier molecular flexibility index (Phi) is 7.18. The first kappa shape index (κ1) is 21.5. The van der Waals surface area contributed by atoms with Crippen molar-refractivity contribution in [3.8, 4) is 11.5 Å². The number of benzene rings is 2. The highest BCUT2D eigenvalue weighted by atomic mass is 32.2. The molecule has 1 heterocycles. The van der Waals surface area contributed by atoms with Crippen molar-refractivity contribution >= 4 is 34.5 Å². The fraction of sp³-hybridized carbons (Fsp3) is 0.286. The molecule has 8 nitrogen and oxygen atoms in total. The average Bonchev–Trinajstić information content (AvgIpc) is 2.74. The predicted octanol–water partition coefficient (Wildman–Crippen LogP) is 4.65. The van der Waals surface area contributed by atoms with Crippen molar-refractivity contribution in [1.82, 2.24) is 5.01 Å². The van der Waals surface area contributed by atoms with Crippen LogP contribution < -0.4 is 14.8 Å². The van der Waals surface area contributed by atoms with Crippen LogP contribution in [0.15, 0.2) is 47.6 Å². The fourth-order valence-corrected chi connectivity index (χ4v) is 3.57. The largest absolute Gasteiger partial charge is 0.493 e. The second-order valence-corrected chi connectivity index (χ2v) is 7.43. The summed E-state index contributed by atoms with van der Waals surface area (Å²) in [7, 11) is 1.60. The van der Waals surface area contributed by atoms with Crippen LogP contribution in [0.3, 0.4) is 0 Å². The molecule has 2 aromatic rings. The van der Waals surface area contributed by atoms with Gasteiger partial charge in [-0.15, -0.1) is 0 Å². The lowest BCUT2D eigenvalue weighted by atomic mass is 10.1. The van der Waals surface area contributed by atoms with Crippen molar-refractivity contribution in [3.05, 3.63) is 53.6 Å². The van der Waals surface area contributed by atoms with E-state index in [4.69, 9.17) is 14.6 Å². The molecule has 0 spiro atoms. The molecule has 0 atom stereocenters. The minimum atomic E-state index is -1.12. The number of nitrogens with zero attached hydrogens (tertiary/aromatic N) is 2. The molecule has 0 saturated carbocycles. The van der Waals surface area contributed by atoms with Crippen LogP contribution in [0, 0.1) is 0 Å². The quantitative estimate of drug-likeness (QED) is 0.634. The van der Waals surface area contributed by atoms with Gasteiger partial charge in [-0.25, -0.2) is 9.80 Å². The van der Waals surface area contributed by atoms with Crippen LogP contribution in [0.1, 0.15) is 24.5 Å². The highest BCUT2D eigenvalue weighted by Crippen LogP contribution is 2.30. The number of amides is 2. The topological polar surface area (TPSA) is 100 Å². The molecule has 9 heteroatoms. The maximum atomic E-state index is 12.3. The highest BCUT2D eigenvalue weighted by Gasteiger charge is 2.23. The van der Waals surface area contributed by atoms with Crippen LogP contribution >= 0.6 is 11.8 Å². The van der Waals surface area contributed by atoms with Gasteiger partial charge in [0.05, 0.1) is 26.0 Å². The van der Waals surface area contributed by atoms with Crippen LogP contribution in [0.4, 0.5) is 15.3 Å². The van der Waals surface area contributed by atoms with Gasteiger partial charge in [0.2, 0.25) is 0 Å². The van der Waals surface area contributed by atoms with Gasteiger partial charge < -0.3 is 14.6 Å². The van der Waals surface area contributed by atoms with Gasteiger partial charge in [-0.05, 0) is 42.3 Å². The summed E-state index contributed by atoms with van der Waals surface area (Å²) in [6, 6.07) is 12.4. The number of rotatable bonds is 8. The number of ether oxygens (including phenoxy) is 2. The summed E-state index contributed by atoms with van der Waals surface area (Å²) >= 11 is 1.19. The molecule has 0 aliphatic carbocycles. The zero-order chi connectivity index (χ0) is 21.5. The molecule has 30 heavy (non-hydrogen) atoms. The first-order valence-electron chi connectivity index (χ1n) is 9.42. The highest BCUT2D eigenvalue weighted by molar-refractivity contribution is 8.14. The monoisotopic (exact) mass is 429 g/mol. The van der Waals surface area contributed by atoms with E-state index in [1.54, 1.807) is 31.4 Å². The second kappa shape index (κ2) is 10.0. The molecule has 0 unspecified atom stereocenters. The minimum absolute atomic E-state index is 0.137. The van der Waals surface area contributed by atoms with Crippen LogP contribution in [0.2, 0.25) is 0 Å². The lowest BCUT2D eigenvalue weighted by Crippen LogP contribution is -2.29. The second-order valence-electron chi connectivity index (χ2n) is 6.50. The molecule has 1 aliphatic rings. The van der Waals surface area contributed by atoms with Gasteiger partial charge in [-0.3, -0.25) is 10.1 Å². The number of hydrogen-bond acceptors (Lipinski definition) is 6. The molecule has 0 radical (unpaired) electrons. The molecular formula is C21H23N3O5S. The normalized spacial score (nSPS) is 13.6. The lowest BCUT2D eigenvalue weighted by molar-refractivity contribution is 0.209. The molecule has 0 fully saturated rings. The summed E-state index contributed by atoms with van der Waals surface area (Å²) in [5, 5.41) is 16.9. The molecule has 0 aromatic heterocycles. The van der Waals surface area contributed by atoms with Gasteiger partial charge in [-0.1, -0.05) is 30.8 Å². The van der Waals surface area contributed by atoms with E-state index in [9.17, 15) is 9.59 Å². The number of carboxylic acid groups (broad SMARTS) is 1. The van der Waals surface area contributed by atoms with E-state index in [0.717, 1.165) is 23.3 Å². The van der Waals surface area contributed by atoms with Crippen LogP contribution in [0.25, 0.3) is 0 Å². The molecule has 0 bridgehead atoms. The number of hydrazone groups is 1. The van der Waals surface area contributed by atoms with E-state index in [1.807, 2.05) is 25.1 Å². The van der Waals surface area contributed by atoms with E-state index in [-0.39, 0.29) is 11.8 Å². The number of hydrogen-bond donors (Lipinski definition) is 2. The van der Waals surface area contributed by atoms with Crippen molar-refractivity contribution in [2.75, 3.05) is 24.8 Å². The van der Waals surface area contributed by atoms with Crippen LogP contribution in [-0.4, -0.2) is 46.6 Å². The molecule has 1 aliphatic heterocycles. The number of nitrogens with one attached hydrogen (secondary N) is 1. The van der Waals surface area contributed by atoms with Crippen LogP contribution in [-0.2, 0) is 6.54 Å². The lowest BCUT2D eigenvalue weighted by Gasteiger charge is -2.23. The summed E-state index contributed by atoms with van der Waals surface area (Å²) in [6.45, 7) is 2.91. The summed E-state index contributed by atoms with van der Waals surface area (Å²) in [5.41, 5.74) is 2.94. The van der Waals surface area contributed by atoms with Gasteiger partial charge in [0.25, 0.3) is 0 Å². The fourth-order valence-electron chi connectivity index (χ4n) is 2.83. The van der Waals surface area contributed by atoms with Crippen molar-refractivity contribution in [1.29, 1.82) is 0 Å². The van der Waals surface area contributed by atoms with Gasteiger partial charge in [0.15, 0.2) is 11.5 Å². The van der Waals surface area contributed by atoms with E-state index in [2.05, 4.69) is 10.4 Å². The van der Waals surface area contributed by atoms with Crippen molar-refractivity contribution in [2.45, 2.75) is 19.9 Å². The van der Waals surface area contributed by atoms with E-state index < -0.39 is 6.09 Å². The Labute approximate surface area is 178 Å². The average molecular weight is 429 g/mol. The van der Waals surface area contributed by atoms with Crippen molar-refractivity contribution < 1.29 is 24.2 Å². The zero-order valence-corrected chi connectivity index (χ0v) is 17.6. The molecule has 2 aromatic carbocycles. The number of anilines is 1. The number of carbonyl (C=O) groups excluding carboxylic acids is 1. The number of carbonyl (C=O) groups is 2. The maximum absolute atomic E-state index is 12.3. The molecule has 3 rings (SSSR count). The third-order valence-corrected chi connectivity index (χ3v) is 5.16. The molecule has 2 N–H and O–H groups in total. The smallest absolute Gasteiger partial charge is 0.409 e. The number of methoxy groups -OCH3 is 1. The summed E-state index contributed by atoms with van der Waals surface area (Å²) < 4.78 is 11.1. The molecular weight excluding hydrogens is 406 g/mol. The molecule has 0 saturated heterocycles. The van der Waals surface area contributed by atoms with Crippen molar-refractivity contribution in [3.63, 3.8) is 0 Å². The van der Waals surface area contributed by atoms with E-state index in [0.29, 0.717) is 29.5 Å². The third kappa shape index (κ3) is 5.44. The predicted molar refractivity (Wildman–Crippen MR) is 117 cm³/mol. The van der Waals surface area contributed by atoms with Crippen LogP contribution in [0.5, 0.6) is 11.5 Å². The zero-order valence-electron chi connectivity index (χ0n) is 16.8. The number of thioether (sulfide) groups is 1. The van der Waals surface area contributed by atoms with Crippen molar-refractivity contribution in [2.24, 2.45) is 5.10 Å². The van der Waals surface area contributed by atoms with Gasteiger partial charge in [0, 0.05) is 17.0 Å². The molecule has 2 amide bonds. The van der Waals surface area contributed by atoms with Gasteiger partial charge in [-0.2, -0.15) is 5.10 Å². The third-order valence-electron chi connectivity index (χ3n) is 4.28. The minimum Gasteiger partial charge on any atom is -0.493 e. The Hall–Kier alpha value is -3.20. The summed E-state index contributed by atoms with van der Waals surface area (Å²) in [5.74, 6) is 1.77. The maximum Gasteiger partial charge on any atom is 0.409 e. The first-order valence-corrected chi connectivity index (χ1v) is 10.4. The SMILES string of the molecule is CCCOc1cc(C2=NN(Cc3ccc(NC(=O)O)cc3)C(=O)SC2)ccc1OC. The Bertz CT molecular complexity index is 946. The Morgan fingerprint density at radius 3 is 2.67 bits per heavy atom.